The van der Waals surface area contributed by atoms with Crippen LogP contribution in [0.2, 0.25) is 0 Å². The molecule has 0 saturated carbocycles. The van der Waals surface area contributed by atoms with Gasteiger partial charge in [-0.2, -0.15) is 0 Å². The summed E-state index contributed by atoms with van der Waals surface area (Å²) in [5, 5.41) is 5.44. The van der Waals surface area contributed by atoms with Crippen LogP contribution in [0.25, 0.3) is 0 Å². The SMILES string of the molecule is Cc1ccc(C[C@@H](NC(=O)CCCCCNC(=O)OCc2ccccc2)C(N)=O)cc1C. The number of primary amides is 1. The number of carbonyl (C=O) groups is 3. The summed E-state index contributed by atoms with van der Waals surface area (Å²) in [5.74, 6) is -0.748. The lowest BCUT2D eigenvalue weighted by molar-refractivity contribution is -0.127. The molecule has 0 saturated heterocycles. The van der Waals surface area contributed by atoms with Crippen molar-refractivity contribution in [2.45, 2.75) is 58.6 Å². The third-order valence-electron chi connectivity index (χ3n) is 5.25. The van der Waals surface area contributed by atoms with Crippen LogP contribution in [-0.2, 0) is 27.4 Å². The summed E-state index contributed by atoms with van der Waals surface area (Å²) in [5.41, 5.74) is 9.68. The standard InChI is InChI=1S/C25H33N3O4/c1-18-12-13-21(15-19(18)2)16-22(24(26)30)28-23(29)11-7-4-8-14-27-25(31)32-17-20-9-5-3-6-10-20/h3,5-6,9-10,12-13,15,22H,4,7-8,11,14,16-17H2,1-2H3,(H2,26,30)(H,27,31)(H,28,29)/t22-/m1/s1. The van der Waals surface area contributed by atoms with E-state index < -0.39 is 18.0 Å². The minimum atomic E-state index is -0.731. The summed E-state index contributed by atoms with van der Waals surface area (Å²) in [6.07, 6.45) is 2.37. The minimum Gasteiger partial charge on any atom is -0.445 e. The number of hydrogen-bond donors (Lipinski definition) is 3. The number of nitrogens with one attached hydrogen (secondary N) is 2. The van der Waals surface area contributed by atoms with Crippen molar-refractivity contribution < 1.29 is 19.1 Å². The second-order valence-corrected chi connectivity index (χ2v) is 7.94. The van der Waals surface area contributed by atoms with Crippen LogP contribution in [0.1, 0.15) is 47.9 Å². The molecule has 172 valence electrons. The van der Waals surface area contributed by atoms with E-state index in [0.717, 1.165) is 29.5 Å². The predicted molar refractivity (Wildman–Crippen MR) is 124 cm³/mol. The molecular formula is C25H33N3O4. The zero-order valence-electron chi connectivity index (χ0n) is 18.9. The van der Waals surface area contributed by atoms with Gasteiger partial charge in [0.2, 0.25) is 11.8 Å². The molecule has 0 spiro atoms. The molecule has 0 fully saturated rings. The van der Waals surface area contributed by atoms with E-state index in [1.165, 1.54) is 5.56 Å². The predicted octanol–water partition coefficient (Wildman–Crippen LogP) is 3.30. The quantitative estimate of drug-likeness (QED) is 0.441. The van der Waals surface area contributed by atoms with E-state index in [0.29, 0.717) is 25.8 Å². The summed E-state index contributed by atoms with van der Waals surface area (Å²) in [4.78, 5) is 35.7. The van der Waals surface area contributed by atoms with Gasteiger partial charge in [0.1, 0.15) is 12.6 Å². The molecule has 0 radical (unpaired) electrons. The number of rotatable bonds is 12. The summed E-state index contributed by atoms with van der Waals surface area (Å²) in [7, 11) is 0. The van der Waals surface area contributed by atoms with Gasteiger partial charge >= 0.3 is 6.09 Å². The van der Waals surface area contributed by atoms with Crippen molar-refractivity contribution in [3.63, 3.8) is 0 Å². The van der Waals surface area contributed by atoms with Crippen molar-refractivity contribution >= 4 is 17.9 Å². The maximum absolute atomic E-state index is 12.2. The fourth-order valence-corrected chi connectivity index (χ4v) is 3.21. The topological polar surface area (TPSA) is 111 Å². The lowest BCUT2D eigenvalue weighted by Gasteiger charge is -2.16. The van der Waals surface area contributed by atoms with Crippen molar-refractivity contribution in [3.05, 3.63) is 70.8 Å². The van der Waals surface area contributed by atoms with E-state index in [1.54, 1.807) is 0 Å². The number of unbranched alkanes of at least 4 members (excludes halogenated alkanes) is 2. The molecule has 2 aromatic rings. The van der Waals surface area contributed by atoms with Gasteiger partial charge in [-0.05, 0) is 48.9 Å². The number of amides is 3. The van der Waals surface area contributed by atoms with Crippen molar-refractivity contribution in [1.29, 1.82) is 0 Å². The molecule has 7 nitrogen and oxygen atoms in total. The highest BCUT2D eigenvalue weighted by Crippen LogP contribution is 2.12. The Labute approximate surface area is 189 Å². The van der Waals surface area contributed by atoms with E-state index in [1.807, 2.05) is 62.4 Å². The molecule has 0 unspecified atom stereocenters. The van der Waals surface area contributed by atoms with E-state index in [4.69, 9.17) is 10.5 Å². The highest BCUT2D eigenvalue weighted by Gasteiger charge is 2.18. The fourth-order valence-electron chi connectivity index (χ4n) is 3.21. The van der Waals surface area contributed by atoms with Crippen LogP contribution < -0.4 is 16.4 Å². The Balaban J connectivity index is 1.60. The summed E-state index contributed by atoms with van der Waals surface area (Å²) in [6, 6.07) is 14.7. The number of benzene rings is 2. The molecule has 1 atom stereocenters. The van der Waals surface area contributed by atoms with Gasteiger partial charge in [0.25, 0.3) is 0 Å². The Morgan fingerprint density at radius 1 is 0.938 bits per heavy atom. The van der Waals surface area contributed by atoms with Crippen LogP contribution in [0.5, 0.6) is 0 Å². The van der Waals surface area contributed by atoms with E-state index in [9.17, 15) is 14.4 Å². The smallest absolute Gasteiger partial charge is 0.407 e. The number of nitrogens with two attached hydrogens (primary N) is 1. The summed E-state index contributed by atoms with van der Waals surface area (Å²) >= 11 is 0. The molecule has 0 aliphatic rings. The van der Waals surface area contributed by atoms with Crippen LogP contribution in [0.15, 0.2) is 48.5 Å². The summed E-state index contributed by atoms with van der Waals surface area (Å²) in [6.45, 7) is 4.74. The average Bonchev–Trinajstić information content (AvgIpc) is 2.77. The number of ether oxygens (including phenoxy) is 1. The van der Waals surface area contributed by atoms with Gasteiger partial charge in [-0.15, -0.1) is 0 Å². The number of hydrogen-bond acceptors (Lipinski definition) is 4. The van der Waals surface area contributed by atoms with E-state index in [-0.39, 0.29) is 12.5 Å². The van der Waals surface area contributed by atoms with Crippen LogP contribution in [-0.4, -0.2) is 30.5 Å². The van der Waals surface area contributed by atoms with Gasteiger partial charge in [0, 0.05) is 19.4 Å². The molecule has 0 heterocycles. The fraction of sp³-hybridized carbons (Fsp3) is 0.400. The first kappa shape index (κ1) is 24.9. The van der Waals surface area contributed by atoms with Crippen LogP contribution in [0.4, 0.5) is 4.79 Å². The molecular weight excluding hydrogens is 406 g/mol. The van der Waals surface area contributed by atoms with Gasteiger partial charge in [-0.25, -0.2) is 4.79 Å². The van der Waals surface area contributed by atoms with Gasteiger partial charge in [0.15, 0.2) is 0 Å². The monoisotopic (exact) mass is 439 g/mol. The lowest BCUT2D eigenvalue weighted by Crippen LogP contribution is -2.45. The first-order valence-corrected chi connectivity index (χ1v) is 10.9. The third kappa shape index (κ3) is 9.20. The Morgan fingerprint density at radius 2 is 1.69 bits per heavy atom. The molecule has 2 aromatic carbocycles. The molecule has 2 rings (SSSR count). The van der Waals surface area contributed by atoms with Crippen molar-refractivity contribution in [2.24, 2.45) is 5.73 Å². The number of aryl methyl sites for hydroxylation is 2. The molecule has 0 aromatic heterocycles. The van der Waals surface area contributed by atoms with Crippen molar-refractivity contribution in [2.75, 3.05) is 6.54 Å². The Morgan fingerprint density at radius 3 is 2.38 bits per heavy atom. The number of alkyl carbamates (subject to hydrolysis) is 1. The zero-order chi connectivity index (χ0) is 23.3. The molecule has 0 bridgehead atoms. The zero-order valence-corrected chi connectivity index (χ0v) is 18.9. The maximum Gasteiger partial charge on any atom is 0.407 e. The third-order valence-corrected chi connectivity index (χ3v) is 5.25. The average molecular weight is 440 g/mol. The van der Waals surface area contributed by atoms with Gasteiger partial charge < -0.3 is 21.1 Å². The molecule has 7 heteroatoms. The normalized spacial score (nSPS) is 11.4. The Bertz CT molecular complexity index is 899. The Kier molecular flexibility index (Phi) is 10.2. The van der Waals surface area contributed by atoms with Gasteiger partial charge in [0.05, 0.1) is 0 Å². The van der Waals surface area contributed by atoms with Crippen LogP contribution in [0.3, 0.4) is 0 Å². The first-order chi connectivity index (χ1) is 15.3. The highest BCUT2D eigenvalue weighted by molar-refractivity contribution is 5.86. The highest BCUT2D eigenvalue weighted by atomic mass is 16.5. The number of carbonyl (C=O) groups excluding carboxylic acids is 3. The van der Waals surface area contributed by atoms with Crippen molar-refractivity contribution in [3.8, 4) is 0 Å². The lowest BCUT2D eigenvalue weighted by atomic mass is 10.0. The van der Waals surface area contributed by atoms with Crippen LogP contribution in [0, 0.1) is 13.8 Å². The molecule has 4 N–H and O–H groups in total. The largest absolute Gasteiger partial charge is 0.445 e. The second kappa shape index (κ2) is 13.1. The van der Waals surface area contributed by atoms with Gasteiger partial charge in [-0.1, -0.05) is 55.0 Å². The maximum atomic E-state index is 12.2. The van der Waals surface area contributed by atoms with E-state index >= 15 is 0 Å². The molecule has 0 aliphatic carbocycles. The Hall–Kier alpha value is -3.35. The van der Waals surface area contributed by atoms with Crippen LogP contribution >= 0.6 is 0 Å². The summed E-state index contributed by atoms with van der Waals surface area (Å²) < 4.78 is 5.14. The second-order valence-electron chi connectivity index (χ2n) is 7.94. The van der Waals surface area contributed by atoms with Crippen molar-refractivity contribution in [1.82, 2.24) is 10.6 Å². The first-order valence-electron chi connectivity index (χ1n) is 10.9. The molecule has 3 amide bonds. The van der Waals surface area contributed by atoms with E-state index in [2.05, 4.69) is 10.6 Å². The van der Waals surface area contributed by atoms with Gasteiger partial charge in [-0.3, -0.25) is 9.59 Å². The molecule has 0 aliphatic heterocycles. The molecule has 32 heavy (non-hydrogen) atoms. The minimum absolute atomic E-state index is 0.201.